The Morgan fingerprint density at radius 3 is 2.57 bits per heavy atom. The Kier molecular flexibility index (Phi) is 3.48. The summed E-state index contributed by atoms with van der Waals surface area (Å²) in [5, 5.41) is 3.86. The molecule has 1 heterocycles. The normalized spacial score (nSPS) is 18.5. The van der Waals surface area contributed by atoms with Gasteiger partial charge < -0.3 is 5.32 Å². The number of hydrazine groups is 1. The summed E-state index contributed by atoms with van der Waals surface area (Å²) in [6, 6.07) is -0.272. The molecule has 0 radical (unpaired) electrons. The third-order valence-corrected chi connectivity index (χ3v) is 1.89. The summed E-state index contributed by atoms with van der Waals surface area (Å²) in [6.45, 7) is 4.27. The molecule has 14 heavy (non-hydrogen) atoms. The van der Waals surface area contributed by atoms with Crippen LogP contribution in [0, 0.1) is 0 Å². The molecule has 1 rings (SSSR count). The van der Waals surface area contributed by atoms with Crippen molar-refractivity contribution in [2.24, 2.45) is 5.84 Å². The SMILES string of the molecule is C/C=C\C1=C(/C=C\C)NC(=O)N(N)C1. The average molecular weight is 193 g/mol. The number of hydrogen-bond donors (Lipinski definition) is 2. The van der Waals surface area contributed by atoms with Crippen molar-refractivity contribution in [1.29, 1.82) is 0 Å². The van der Waals surface area contributed by atoms with Crippen LogP contribution >= 0.6 is 0 Å². The standard InChI is InChI=1S/C10H15N3O/c1-3-5-8-7-13(11)10(14)12-9(8)6-4-2/h3-6H,7,11H2,1-2H3,(H,12,14)/b5-3-,6-4-. The maximum atomic E-state index is 11.2. The van der Waals surface area contributed by atoms with Gasteiger partial charge in [-0.05, 0) is 25.5 Å². The van der Waals surface area contributed by atoms with Gasteiger partial charge in [-0.15, -0.1) is 0 Å². The van der Waals surface area contributed by atoms with E-state index in [0.717, 1.165) is 16.3 Å². The van der Waals surface area contributed by atoms with E-state index in [1.807, 2.05) is 38.2 Å². The van der Waals surface area contributed by atoms with Gasteiger partial charge in [0, 0.05) is 5.70 Å². The molecule has 0 unspecified atom stereocenters. The van der Waals surface area contributed by atoms with E-state index >= 15 is 0 Å². The van der Waals surface area contributed by atoms with Crippen molar-refractivity contribution in [2.45, 2.75) is 13.8 Å². The van der Waals surface area contributed by atoms with Crippen molar-refractivity contribution in [1.82, 2.24) is 10.3 Å². The number of nitrogens with one attached hydrogen (secondary N) is 1. The van der Waals surface area contributed by atoms with Gasteiger partial charge in [-0.2, -0.15) is 0 Å². The molecule has 1 aliphatic rings. The molecule has 0 aromatic carbocycles. The third-order valence-electron chi connectivity index (χ3n) is 1.89. The van der Waals surface area contributed by atoms with Gasteiger partial charge in [0.25, 0.3) is 0 Å². The van der Waals surface area contributed by atoms with Crippen molar-refractivity contribution in [3.8, 4) is 0 Å². The number of amides is 2. The summed E-state index contributed by atoms with van der Waals surface area (Å²) >= 11 is 0. The van der Waals surface area contributed by atoms with Crippen molar-refractivity contribution >= 4 is 6.03 Å². The highest BCUT2D eigenvalue weighted by atomic mass is 16.2. The van der Waals surface area contributed by atoms with E-state index in [-0.39, 0.29) is 6.03 Å². The Bertz CT molecular complexity index is 315. The van der Waals surface area contributed by atoms with E-state index in [4.69, 9.17) is 5.84 Å². The predicted octanol–water partition coefficient (Wildman–Crippen LogP) is 1.29. The Labute approximate surface area is 83.7 Å². The number of carbonyl (C=O) groups is 1. The molecule has 0 saturated carbocycles. The number of nitrogens with zero attached hydrogens (tertiary/aromatic N) is 1. The van der Waals surface area contributed by atoms with Crippen molar-refractivity contribution in [3.63, 3.8) is 0 Å². The first-order chi connectivity index (χ1) is 6.69. The molecular weight excluding hydrogens is 178 g/mol. The highest BCUT2D eigenvalue weighted by molar-refractivity contribution is 5.78. The van der Waals surface area contributed by atoms with Crippen molar-refractivity contribution in [3.05, 3.63) is 35.6 Å². The fourth-order valence-corrected chi connectivity index (χ4v) is 1.27. The van der Waals surface area contributed by atoms with Crippen LogP contribution in [0.1, 0.15) is 13.8 Å². The molecule has 0 aliphatic carbocycles. The first-order valence-corrected chi connectivity index (χ1v) is 4.50. The topological polar surface area (TPSA) is 58.4 Å². The van der Waals surface area contributed by atoms with E-state index in [1.165, 1.54) is 0 Å². The van der Waals surface area contributed by atoms with Crippen molar-refractivity contribution in [2.75, 3.05) is 6.54 Å². The Hall–Kier alpha value is -1.55. The summed E-state index contributed by atoms with van der Waals surface area (Å²) in [5.74, 6) is 5.49. The van der Waals surface area contributed by atoms with E-state index in [9.17, 15) is 4.79 Å². The minimum absolute atomic E-state index is 0.272. The molecule has 0 atom stereocenters. The lowest BCUT2D eigenvalue weighted by Gasteiger charge is -2.25. The van der Waals surface area contributed by atoms with Crippen LogP contribution < -0.4 is 11.2 Å². The largest absolute Gasteiger partial charge is 0.336 e. The van der Waals surface area contributed by atoms with Gasteiger partial charge in [-0.25, -0.2) is 10.6 Å². The van der Waals surface area contributed by atoms with Gasteiger partial charge in [0.1, 0.15) is 0 Å². The molecule has 0 aromatic rings. The molecule has 0 aromatic heterocycles. The summed E-state index contributed by atoms with van der Waals surface area (Å²) in [6.07, 6.45) is 7.60. The van der Waals surface area contributed by atoms with Crippen LogP contribution in [0.25, 0.3) is 0 Å². The van der Waals surface area contributed by atoms with Crippen LogP contribution in [0.5, 0.6) is 0 Å². The smallest absolute Gasteiger partial charge is 0.306 e. The molecule has 2 amide bonds. The Morgan fingerprint density at radius 1 is 1.36 bits per heavy atom. The molecular formula is C10H15N3O. The molecule has 3 N–H and O–H groups in total. The van der Waals surface area contributed by atoms with Gasteiger partial charge in [0.15, 0.2) is 0 Å². The summed E-state index contributed by atoms with van der Waals surface area (Å²) < 4.78 is 0. The first kappa shape index (κ1) is 10.5. The van der Waals surface area contributed by atoms with Crippen LogP contribution in [-0.4, -0.2) is 17.6 Å². The fourth-order valence-electron chi connectivity index (χ4n) is 1.27. The zero-order chi connectivity index (χ0) is 10.6. The second-order valence-corrected chi connectivity index (χ2v) is 3.00. The number of allylic oxidation sites excluding steroid dienone is 3. The Morgan fingerprint density at radius 2 is 2.00 bits per heavy atom. The van der Waals surface area contributed by atoms with Gasteiger partial charge in [-0.3, -0.25) is 5.01 Å². The summed E-state index contributed by atoms with van der Waals surface area (Å²) in [5.41, 5.74) is 1.82. The molecule has 76 valence electrons. The van der Waals surface area contributed by atoms with Crippen LogP contribution in [-0.2, 0) is 0 Å². The number of urea groups is 1. The lowest BCUT2D eigenvalue weighted by atomic mass is 10.1. The van der Waals surface area contributed by atoms with Crippen LogP contribution in [0.4, 0.5) is 4.79 Å². The average Bonchev–Trinajstić information content (AvgIpc) is 2.14. The van der Waals surface area contributed by atoms with E-state index in [1.54, 1.807) is 0 Å². The molecule has 1 aliphatic heterocycles. The second kappa shape index (κ2) is 4.62. The summed E-state index contributed by atoms with van der Waals surface area (Å²) in [7, 11) is 0. The maximum absolute atomic E-state index is 11.2. The van der Waals surface area contributed by atoms with Gasteiger partial charge >= 0.3 is 6.03 Å². The maximum Gasteiger partial charge on any atom is 0.336 e. The second-order valence-electron chi connectivity index (χ2n) is 3.00. The molecule has 4 heteroatoms. The van der Waals surface area contributed by atoms with Crippen molar-refractivity contribution < 1.29 is 4.79 Å². The van der Waals surface area contributed by atoms with E-state index < -0.39 is 0 Å². The zero-order valence-corrected chi connectivity index (χ0v) is 8.45. The minimum Gasteiger partial charge on any atom is -0.306 e. The summed E-state index contributed by atoms with van der Waals surface area (Å²) in [4.78, 5) is 11.2. The van der Waals surface area contributed by atoms with E-state index in [0.29, 0.717) is 6.54 Å². The zero-order valence-electron chi connectivity index (χ0n) is 8.45. The highest BCUT2D eigenvalue weighted by Gasteiger charge is 2.18. The number of carbonyl (C=O) groups excluding carboxylic acids is 1. The lowest BCUT2D eigenvalue weighted by Crippen LogP contribution is -2.48. The fraction of sp³-hybridized carbons (Fsp3) is 0.300. The third kappa shape index (κ3) is 2.23. The first-order valence-electron chi connectivity index (χ1n) is 4.50. The van der Waals surface area contributed by atoms with Crippen LogP contribution in [0.3, 0.4) is 0 Å². The molecule has 0 spiro atoms. The number of rotatable bonds is 2. The monoisotopic (exact) mass is 193 g/mol. The van der Waals surface area contributed by atoms with Gasteiger partial charge in [0.05, 0.1) is 6.54 Å². The Balaban J connectivity index is 3.00. The predicted molar refractivity (Wildman–Crippen MR) is 56.1 cm³/mol. The number of nitrogens with two attached hydrogens (primary N) is 1. The minimum atomic E-state index is -0.272. The molecule has 0 bridgehead atoms. The van der Waals surface area contributed by atoms with Gasteiger partial charge in [-0.1, -0.05) is 18.2 Å². The molecule has 0 saturated heterocycles. The highest BCUT2D eigenvalue weighted by Crippen LogP contribution is 2.11. The quantitative estimate of drug-likeness (QED) is 0.513. The molecule has 0 fully saturated rings. The molecule has 4 nitrogen and oxygen atoms in total. The van der Waals surface area contributed by atoms with Gasteiger partial charge in [0.2, 0.25) is 0 Å². The lowest BCUT2D eigenvalue weighted by molar-refractivity contribution is 0.203. The van der Waals surface area contributed by atoms with Crippen LogP contribution in [0.2, 0.25) is 0 Å². The van der Waals surface area contributed by atoms with Crippen LogP contribution in [0.15, 0.2) is 35.6 Å². The number of hydrogen-bond acceptors (Lipinski definition) is 2. The van der Waals surface area contributed by atoms with E-state index in [2.05, 4.69) is 5.32 Å².